The molecule has 0 spiro atoms. The largest absolute Gasteiger partial charge is 0.505 e. The first-order valence-electron chi connectivity index (χ1n) is 14.3. The van der Waals surface area contributed by atoms with Crippen molar-refractivity contribution in [2.45, 2.75) is 31.0 Å². The standard InChI is InChI=1S/C31H34N4O9/c1-34(2)18-10-17(33-11-13-5-6-19-20(7-13)44-12-43-19)25(36)22-15(18)8-14-9-16-24(35(3)4)27(38)23(30(32)41)29(40)31(16,42)28(39)21(14)26(22)37/h5-7,10,14,16,21,23-24,33,36,42H,8-9,11-12H2,1-4H3,(H2,32,41)/t14-,16-,21?,23?,24-,31-/m1/s1. The van der Waals surface area contributed by atoms with Gasteiger partial charge in [0.2, 0.25) is 12.7 Å². The van der Waals surface area contributed by atoms with Crippen LogP contribution in [0.4, 0.5) is 11.4 Å². The zero-order valence-corrected chi connectivity index (χ0v) is 24.7. The maximum Gasteiger partial charge on any atom is 0.235 e. The van der Waals surface area contributed by atoms with Gasteiger partial charge in [0.05, 0.1) is 23.2 Å². The van der Waals surface area contributed by atoms with Crippen molar-refractivity contribution >= 4 is 40.4 Å². The number of carbonyl (C=O) groups is 5. The first kappa shape index (κ1) is 29.6. The molecule has 1 amide bonds. The number of phenolic OH excluding ortho intramolecular Hbond substituents is 1. The number of likely N-dealkylation sites (N-methyl/N-ethyl adjacent to an activating group) is 1. The highest BCUT2D eigenvalue weighted by Gasteiger charge is 2.69. The number of ether oxygens (including phenoxy) is 2. The number of carbonyl (C=O) groups excluding carboxylic acids is 5. The smallest absolute Gasteiger partial charge is 0.235 e. The van der Waals surface area contributed by atoms with E-state index in [1.807, 2.05) is 6.07 Å². The van der Waals surface area contributed by atoms with Crippen molar-refractivity contribution in [2.75, 3.05) is 45.2 Å². The molecular formula is C31H34N4O9. The van der Waals surface area contributed by atoms with E-state index < -0.39 is 64.4 Å². The Morgan fingerprint density at radius 2 is 1.77 bits per heavy atom. The molecule has 1 aliphatic heterocycles. The number of aromatic hydroxyl groups is 1. The third-order valence-corrected chi connectivity index (χ3v) is 9.44. The fraction of sp³-hybridized carbons (Fsp3) is 0.452. The van der Waals surface area contributed by atoms with Gasteiger partial charge in [0.1, 0.15) is 5.75 Å². The summed E-state index contributed by atoms with van der Waals surface area (Å²) in [6.07, 6.45) is 0.164. The van der Waals surface area contributed by atoms with Gasteiger partial charge in [0.25, 0.3) is 0 Å². The molecule has 2 aromatic carbocycles. The molecule has 6 atom stereocenters. The van der Waals surface area contributed by atoms with Crippen molar-refractivity contribution in [1.82, 2.24) is 4.90 Å². The van der Waals surface area contributed by atoms with Crippen LogP contribution >= 0.6 is 0 Å². The fourth-order valence-corrected chi connectivity index (χ4v) is 7.43. The van der Waals surface area contributed by atoms with Gasteiger partial charge in [0, 0.05) is 32.2 Å². The number of amides is 1. The van der Waals surface area contributed by atoms with Gasteiger partial charge in [-0.05, 0) is 62.2 Å². The summed E-state index contributed by atoms with van der Waals surface area (Å²) in [5, 5.41) is 26.4. The highest BCUT2D eigenvalue weighted by molar-refractivity contribution is 6.32. The van der Waals surface area contributed by atoms with Crippen molar-refractivity contribution < 1.29 is 43.7 Å². The topological polar surface area (TPSA) is 189 Å². The van der Waals surface area contributed by atoms with Crippen molar-refractivity contribution in [3.05, 3.63) is 41.0 Å². The molecule has 0 saturated heterocycles. The number of Topliss-reactive ketones (excluding diaryl/α,β-unsaturated/α-hetero) is 4. The summed E-state index contributed by atoms with van der Waals surface area (Å²) in [6.45, 7) is 0.392. The van der Waals surface area contributed by atoms with E-state index in [1.54, 1.807) is 51.3 Å². The lowest BCUT2D eigenvalue weighted by Crippen LogP contribution is -2.74. The Kier molecular flexibility index (Phi) is 6.93. The van der Waals surface area contributed by atoms with Gasteiger partial charge in [-0.2, -0.15) is 0 Å². The Bertz CT molecular complexity index is 1640. The highest BCUT2D eigenvalue weighted by atomic mass is 16.7. The van der Waals surface area contributed by atoms with Crippen molar-refractivity contribution in [1.29, 1.82) is 0 Å². The van der Waals surface area contributed by atoms with E-state index in [9.17, 15) is 34.2 Å². The van der Waals surface area contributed by atoms with Crippen LogP contribution in [0.5, 0.6) is 17.2 Å². The van der Waals surface area contributed by atoms with E-state index in [0.717, 1.165) is 5.56 Å². The molecule has 0 aromatic heterocycles. The minimum atomic E-state index is -2.77. The van der Waals surface area contributed by atoms with Crippen LogP contribution in [0.15, 0.2) is 24.3 Å². The Balaban J connectivity index is 1.40. The van der Waals surface area contributed by atoms with Crippen molar-refractivity contribution in [2.24, 2.45) is 29.4 Å². The number of anilines is 2. The summed E-state index contributed by atoms with van der Waals surface area (Å²) in [7, 11) is 6.68. The van der Waals surface area contributed by atoms with Crippen LogP contribution in [0.3, 0.4) is 0 Å². The Hall–Kier alpha value is -4.49. The van der Waals surface area contributed by atoms with Crippen LogP contribution in [0.1, 0.15) is 27.9 Å². The zero-order valence-electron chi connectivity index (χ0n) is 24.7. The molecule has 2 unspecified atom stereocenters. The number of benzene rings is 2. The van der Waals surface area contributed by atoms with E-state index in [1.165, 1.54) is 4.90 Å². The number of primary amides is 1. The SMILES string of the molecule is CN(C)c1cc(NCc2ccc3c(c2)OCO3)c(O)c2c1C[C@@H]1C[C@@H]3[C@@H](N(C)C)C(=O)C(C(N)=O)C(=O)[C@]3(O)C(=O)C1C2=O. The van der Waals surface area contributed by atoms with Crippen LogP contribution < -0.4 is 25.4 Å². The van der Waals surface area contributed by atoms with Gasteiger partial charge in [-0.1, -0.05) is 6.07 Å². The predicted molar refractivity (Wildman–Crippen MR) is 156 cm³/mol. The van der Waals surface area contributed by atoms with Crippen molar-refractivity contribution in [3.63, 3.8) is 0 Å². The van der Waals surface area contributed by atoms with E-state index in [4.69, 9.17) is 15.2 Å². The molecule has 232 valence electrons. The van der Waals surface area contributed by atoms with Crippen LogP contribution in [0.2, 0.25) is 0 Å². The summed E-state index contributed by atoms with van der Waals surface area (Å²) >= 11 is 0. The molecular weight excluding hydrogens is 572 g/mol. The summed E-state index contributed by atoms with van der Waals surface area (Å²) in [6, 6.07) is 5.99. The number of fused-ring (bicyclic) bond motifs is 4. The molecule has 2 aromatic rings. The monoisotopic (exact) mass is 606 g/mol. The van der Waals surface area contributed by atoms with Crippen LogP contribution in [0.25, 0.3) is 0 Å². The molecule has 1 heterocycles. The Labute approximate surface area is 252 Å². The maximum atomic E-state index is 14.2. The molecule has 6 rings (SSSR count). The van der Waals surface area contributed by atoms with Gasteiger partial charge >= 0.3 is 0 Å². The molecule has 13 nitrogen and oxygen atoms in total. The van der Waals surface area contributed by atoms with Crippen LogP contribution in [-0.4, -0.2) is 90.8 Å². The summed E-state index contributed by atoms with van der Waals surface area (Å²) in [5.41, 5.74) is 4.78. The second-order valence-corrected chi connectivity index (χ2v) is 12.4. The maximum absolute atomic E-state index is 14.2. The van der Waals surface area contributed by atoms with Gasteiger partial charge in [0.15, 0.2) is 46.2 Å². The number of hydrogen-bond donors (Lipinski definition) is 4. The second kappa shape index (κ2) is 10.3. The number of nitrogens with zero attached hydrogens (tertiary/aromatic N) is 2. The number of hydrogen-bond acceptors (Lipinski definition) is 12. The fourth-order valence-electron chi connectivity index (χ4n) is 7.43. The highest BCUT2D eigenvalue weighted by Crippen LogP contribution is 2.52. The van der Waals surface area contributed by atoms with Crippen LogP contribution in [0, 0.1) is 23.7 Å². The minimum Gasteiger partial charge on any atom is -0.505 e. The molecule has 0 bridgehead atoms. The number of nitrogens with one attached hydrogen (secondary N) is 1. The first-order chi connectivity index (χ1) is 20.8. The van der Waals surface area contributed by atoms with Gasteiger partial charge in [-0.3, -0.25) is 28.9 Å². The molecule has 5 N–H and O–H groups in total. The number of phenols is 1. The van der Waals surface area contributed by atoms with Gasteiger partial charge < -0.3 is 35.6 Å². The second-order valence-electron chi connectivity index (χ2n) is 12.4. The van der Waals surface area contributed by atoms with E-state index in [0.29, 0.717) is 22.7 Å². The zero-order chi connectivity index (χ0) is 31.8. The molecule has 4 aliphatic rings. The lowest BCUT2D eigenvalue weighted by atomic mass is 9.52. The minimum absolute atomic E-state index is 0.0123. The third kappa shape index (κ3) is 4.17. The summed E-state index contributed by atoms with van der Waals surface area (Å²) in [4.78, 5) is 70.5. The van der Waals surface area contributed by atoms with E-state index >= 15 is 0 Å². The average Bonchev–Trinajstić information content (AvgIpc) is 3.42. The third-order valence-electron chi connectivity index (χ3n) is 9.44. The summed E-state index contributed by atoms with van der Waals surface area (Å²) < 4.78 is 10.8. The number of rotatable bonds is 6. The van der Waals surface area contributed by atoms with E-state index in [2.05, 4.69) is 5.32 Å². The molecule has 2 fully saturated rings. The number of ketones is 4. The number of aliphatic hydroxyl groups is 1. The molecule has 2 saturated carbocycles. The molecule has 44 heavy (non-hydrogen) atoms. The Morgan fingerprint density at radius 1 is 1.07 bits per heavy atom. The average molecular weight is 607 g/mol. The lowest BCUT2D eigenvalue weighted by molar-refractivity contribution is -0.181. The summed E-state index contributed by atoms with van der Waals surface area (Å²) in [5.74, 6) is -9.62. The first-order valence-corrected chi connectivity index (χ1v) is 14.3. The normalized spacial score (nSPS) is 28.8. The molecule has 0 radical (unpaired) electrons. The van der Waals surface area contributed by atoms with E-state index in [-0.39, 0.29) is 43.2 Å². The lowest BCUT2D eigenvalue weighted by Gasteiger charge is -2.52. The van der Waals surface area contributed by atoms with Gasteiger partial charge in [-0.25, -0.2) is 0 Å². The predicted octanol–water partition coefficient (Wildman–Crippen LogP) is 0.274. The van der Waals surface area contributed by atoms with Crippen LogP contribution in [-0.2, 0) is 32.1 Å². The molecule has 13 heteroatoms. The number of nitrogens with two attached hydrogens (primary N) is 1. The molecule has 3 aliphatic carbocycles. The van der Waals surface area contributed by atoms with Crippen molar-refractivity contribution in [3.8, 4) is 17.2 Å². The van der Waals surface area contributed by atoms with Gasteiger partial charge in [-0.15, -0.1) is 0 Å². The Morgan fingerprint density at radius 3 is 2.43 bits per heavy atom. The quantitative estimate of drug-likeness (QED) is 0.260.